The number of methoxy groups -OCH3 is 1. The van der Waals surface area contributed by atoms with E-state index >= 15 is 0 Å². The van der Waals surface area contributed by atoms with Gasteiger partial charge in [-0.25, -0.2) is 0 Å². The maximum absolute atomic E-state index is 12.6. The molecule has 1 amide bonds. The number of hydrogen-bond acceptors (Lipinski definition) is 3. The molecule has 0 radical (unpaired) electrons. The van der Waals surface area contributed by atoms with E-state index in [1.165, 1.54) is 4.90 Å². The van der Waals surface area contributed by atoms with Gasteiger partial charge in [-0.1, -0.05) is 36.3 Å². The van der Waals surface area contributed by atoms with E-state index in [0.717, 1.165) is 11.3 Å². The number of hydrogen-bond donors (Lipinski definition) is 1. The second-order valence-corrected chi connectivity index (χ2v) is 5.11. The van der Waals surface area contributed by atoms with Gasteiger partial charge in [0, 0.05) is 5.56 Å². The van der Waals surface area contributed by atoms with Crippen LogP contribution in [0.1, 0.15) is 11.1 Å². The second-order valence-electron chi connectivity index (χ2n) is 5.11. The van der Waals surface area contributed by atoms with Gasteiger partial charge in [-0.05, 0) is 23.8 Å². The Morgan fingerprint density at radius 2 is 1.91 bits per heavy atom. The van der Waals surface area contributed by atoms with Crippen molar-refractivity contribution in [1.29, 1.82) is 0 Å². The van der Waals surface area contributed by atoms with E-state index in [2.05, 4.69) is 5.92 Å². The summed E-state index contributed by atoms with van der Waals surface area (Å²) in [6.07, 6.45) is 5.40. The summed E-state index contributed by atoms with van der Waals surface area (Å²) in [6.45, 7) is 0.337. The number of anilines is 1. The van der Waals surface area contributed by atoms with Crippen LogP contribution in [0.4, 0.5) is 5.69 Å². The predicted molar refractivity (Wildman–Crippen MR) is 83.4 cm³/mol. The number of carbonyl (C=O) groups is 1. The predicted octanol–water partition coefficient (Wildman–Crippen LogP) is 2.06. The molecule has 22 heavy (non-hydrogen) atoms. The molecule has 1 N–H and O–H groups in total. The molecular weight excluding hydrogens is 278 g/mol. The number of carbonyl (C=O) groups excluding carboxylic acids is 1. The Kier molecular flexibility index (Phi) is 3.36. The largest absolute Gasteiger partial charge is 0.497 e. The Bertz CT molecular complexity index is 761. The quantitative estimate of drug-likeness (QED) is 0.881. The van der Waals surface area contributed by atoms with E-state index in [4.69, 9.17) is 11.2 Å². The number of ether oxygens (including phenoxy) is 1. The zero-order valence-electron chi connectivity index (χ0n) is 12.1. The normalized spacial score (nSPS) is 19.7. The molecule has 0 spiro atoms. The highest BCUT2D eigenvalue weighted by Gasteiger charge is 2.48. The Balaban J connectivity index is 1.97. The van der Waals surface area contributed by atoms with Crippen molar-refractivity contribution < 1.29 is 14.6 Å². The van der Waals surface area contributed by atoms with E-state index in [9.17, 15) is 9.90 Å². The van der Waals surface area contributed by atoms with Gasteiger partial charge in [-0.15, -0.1) is 6.42 Å². The standard InChI is InChI=1S/C18H15NO3/c1-3-18(21)15-6-4-5-7-16(15)19(17(18)20)12-13-8-10-14(22-2)11-9-13/h1,4-11,21H,12H2,2H3/t18-/m1/s1. The van der Waals surface area contributed by atoms with Gasteiger partial charge < -0.3 is 14.7 Å². The second kappa shape index (κ2) is 5.21. The molecule has 4 heteroatoms. The molecule has 1 aliphatic heterocycles. The molecular formula is C18H15NO3. The van der Waals surface area contributed by atoms with Crippen molar-refractivity contribution in [2.24, 2.45) is 0 Å². The lowest BCUT2D eigenvalue weighted by atomic mass is 9.97. The maximum atomic E-state index is 12.6. The van der Waals surface area contributed by atoms with Crippen LogP contribution in [-0.2, 0) is 16.9 Å². The lowest BCUT2D eigenvalue weighted by Gasteiger charge is -2.19. The zero-order valence-corrected chi connectivity index (χ0v) is 12.1. The summed E-state index contributed by atoms with van der Waals surface area (Å²) in [4.78, 5) is 14.1. The van der Waals surface area contributed by atoms with E-state index in [-0.39, 0.29) is 0 Å². The summed E-state index contributed by atoms with van der Waals surface area (Å²) in [6, 6.07) is 14.4. The first-order valence-corrected chi connectivity index (χ1v) is 6.84. The van der Waals surface area contributed by atoms with Crippen LogP contribution in [-0.4, -0.2) is 18.1 Å². The molecule has 0 aromatic heterocycles. The Labute approximate surface area is 129 Å². The average Bonchev–Trinajstić information content (AvgIpc) is 2.78. The summed E-state index contributed by atoms with van der Waals surface area (Å²) < 4.78 is 5.12. The van der Waals surface area contributed by atoms with E-state index in [1.807, 2.05) is 30.3 Å². The SMILES string of the molecule is C#C[C@]1(O)C(=O)N(Cc2ccc(OC)cc2)c2ccccc21. The number of amides is 1. The molecule has 110 valence electrons. The molecule has 0 saturated carbocycles. The van der Waals surface area contributed by atoms with Gasteiger partial charge in [-0.2, -0.15) is 0 Å². The Hall–Kier alpha value is -2.77. The van der Waals surface area contributed by atoms with E-state index in [1.54, 1.807) is 25.3 Å². The van der Waals surface area contributed by atoms with Gasteiger partial charge in [0.25, 0.3) is 5.91 Å². The van der Waals surface area contributed by atoms with Crippen molar-refractivity contribution in [3.63, 3.8) is 0 Å². The first-order valence-electron chi connectivity index (χ1n) is 6.84. The van der Waals surface area contributed by atoms with Gasteiger partial charge in [0.2, 0.25) is 5.60 Å². The fraction of sp³-hybridized carbons (Fsp3) is 0.167. The number of aliphatic hydroxyl groups is 1. The fourth-order valence-electron chi connectivity index (χ4n) is 2.64. The molecule has 4 nitrogen and oxygen atoms in total. The molecule has 2 aromatic rings. The number of para-hydroxylation sites is 1. The minimum Gasteiger partial charge on any atom is -0.497 e. The molecule has 0 bridgehead atoms. The third-order valence-corrected chi connectivity index (χ3v) is 3.85. The van der Waals surface area contributed by atoms with Crippen LogP contribution in [0.3, 0.4) is 0 Å². The first kappa shape index (κ1) is 14.2. The van der Waals surface area contributed by atoms with Crippen molar-refractivity contribution >= 4 is 11.6 Å². The summed E-state index contributed by atoms with van der Waals surface area (Å²) in [7, 11) is 1.60. The summed E-state index contributed by atoms with van der Waals surface area (Å²) in [5.41, 5.74) is 0.133. The molecule has 3 rings (SSSR count). The van der Waals surface area contributed by atoms with E-state index < -0.39 is 11.5 Å². The van der Waals surface area contributed by atoms with Crippen LogP contribution >= 0.6 is 0 Å². The number of terminal acetylenes is 1. The maximum Gasteiger partial charge on any atom is 0.276 e. The number of nitrogens with zero attached hydrogens (tertiary/aromatic N) is 1. The molecule has 0 saturated heterocycles. The van der Waals surface area contributed by atoms with Crippen molar-refractivity contribution in [3.8, 4) is 18.1 Å². The monoisotopic (exact) mass is 293 g/mol. The van der Waals surface area contributed by atoms with Crippen molar-refractivity contribution in [1.82, 2.24) is 0 Å². The van der Waals surface area contributed by atoms with Crippen molar-refractivity contribution in [3.05, 3.63) is 59.7 Å². The number of benzene rings is 2. The molecule has 1 aliphatic rings. The van der Waals surface area contributed by atoms with Crippen LogP contribution in [0.25, 0.3) is 0 Å². The zero-order chi connectivity index (χ0) is 15.7. The van der Waals surface area contributed by atoms with Gasteiger partial charge >= 0.3 is 0 Å². The molecule has 1 heterocycles. The first-order chi connectivity index (χ1) is 10.6. The highest BCUT2D eigenvalue weighted by Crippen LogP contribution is 2.40. The van der Waals surface area contributed by atoms with Crippen LogP contribution in [0.5, 0.6) is 5.75 Å². The van der Waals surface area contributed by atoms with Crippen LogP contribution in [0.15, 0.2) is 48.5 Å². The number of fused-ring (bicyclic) bond motifs is 1. The smallest absolute Gasteiger partial charge is 0.276 e. The average molecular weight is 293 g/mol. The molecule has 0 unspecified atom stereocenters. The van der Waals surface area contributed by atoms with E-state index in [0.29, 0.717) is 17.8 Å². The third kappa shape index (κ3) is 2.03. The highest BCUT2D eigenvalue weighted by molar-refractivity contribution is 6.08. The van der Waals surface area contributed by atoms with Crippen LogP contribution in [0.2, 0.25) is 0 Å². The molecule has 1 atom stereocenters. The third-order valence-electron chi connectivity index (χ3n) is 3.85. The van der Waals surface area contributed by atoms with Gasteiger partial charge in [-0.3, -0.25) is 4.79 Å². The Morgan fingerprint density at radius 3 is 2.55 bits per heavy atom. The van der Waals surface area contributed by atoms with Crippen molar-refractivity contribution in [2.75, 3.05) is 12.0 Å². The lowest BCUT2D eigenvalue weighted by Crippen LogP contribution is -2.38. The number of rotatable bonds is 3. The molecule has 0 fully saturated rings. The molecule has 0 aliphatic carbocycles. The minimum atomic E-state index is -1.89. The summed E-state index contributed by atoms with van der Waals surface area (Å²) >= 11 is 0. The van der Waals surface area contributed by atoms with Gasteiger partial charge in [0.15, 0.2) is 0 Å². The molecule has 2 aromatic carbocycles. The van der Waals surface area contributed by atoms with Crippen molar-refractivity contribution in [2.45, 2.75) is 12.1 Å². The van der Waals surface area contributed by atoms with Gasteiger partial charge in [0.1, 0.15) is 5.75 Å². The fourth-order valence-corrected chi connectivity index (χ4v) is 2.64. The van der Waals surface area contributed by atoms with Crippen LogP contribution in [0, 0.1) is 12.3 Å². The summed E-state index contributed by atoms with van der Waals surface area (Å²) in [5, 5.41) is 10.5. The Morgan fingerprint density at radius 1 is 1.23 bits per heavy atom. The topological polar surface area (TPSA) is 49.8 Å². The van der Waals surface area contributed by atoms with Gasteiger partial charge in [0.05, 0.1) is 19.3 Å². The lowest BCUT2D eigenvalue weighted by molar-refractivity contribution is -0.130. The summed E-state index contributed by atoms with van der Waals surface area (Å²) in [5.74, 6) is 2.48. The highest BCUT2D eigenvalue weighted by atomic mass is 16.5. The van der Waals surface area contributed by atoms with Crippen LogP contribution < -0.4 is 9.64 Å². The minimum absolute atomic E-state index is 0.337.